The van der Waals surface area contributed by atoms with Gasteiger partial charge in [-0.1, -0.05) is 54.9 Å². The maximum atomic E-state index is 13.4. The van der Waals surface area contributed by atoms with Crippen LogP contribution < -0.4 is 9.62 Å². The monoisotopic (exact) mass is 479 g/mol. The Kier molecular flexibility index (Phi) is 9.09. The first-order chi connectivity index (χ1) is 15.1. The van der Waals surface area contributed by atoms with Gasteiger partial charge in [0.15, 0.2) is 0 Å². The number of nitrogens with one attached hydrogen (secondary N) is 1. The Morgan fingerprint density at radius 2 is 1.78 bits per heavy atom. The van der Waals surface area contributed by atoms with Gasteiger partial charge in [-0.05, 0) is 43.0 Å². The molecule has 1 N–H and O–H groups in total. The molecule has 7 nitrogen and oxygen atoms in total. The quantitative estimate of drug-likeness (QED) is 0.567. The molecule has 2 aromatic carbocycles. The Balaban J connectivity index is 2.38. The van der Waals surface area contributed by atoms with E-state index in [0.29, 0.717) is 29.1 Å². The zero-order chi connectivity index (χ0) is 23.9. The first-order valence-electron chi connectivity index (χ1n) is 10.4. The molecule has 0 unspecified atom stereocenters. The molecule has 9 heteroatoms. The van der Waals surface area contributed by atoms with Gasteiger partial charge in [0.05, 0.1) is 11.9 Å². The first-order valence-corrected chi connectivity index (χ1v) is 12.6. The van der Waals surface area contributed by atoms with Gasteiger partial charge >= 0.3 is 0 Å². The molecular formula is C23H30ClN3O4S. The van der Waals surface area contributed by atoms with Crippen molar-refractivity contribution in [3.63, 3.8) is 0 Å². The van der Waals surface area contributed by atoms with Gasteiger partial charge in [-0.15, -0.1) is 0 Å². The molecule has 0 fully saturated rings. The van der Waals surface area contributed by atoms with Gasteiger partial charge in [0, 0.05) is 18.6 Å². The average molecular weight is 480 g/mol. The van der Waals surface area contributed by atoms with Crippen molar-refractivity contribution in [3.05, 3.63) is 64.7 Å². The van der Waals surface area contributed by atoms with Crippen LogP contribution in [0.4, 0.5) is 5.69 Å². The number of carbonyl (C=O) groups is 2. The lowest BCUT2D eigenvalue weighted by molar-refractivity contribution is -0.139. The number of aryl methyl sites for hydroxylation is 1. The van der Waals surface area contributed by atoms with Crippen molar-refractivity contribution < 1.29 is 18.0 Å². The summed E-state index contributed by atoms with van der Waals surface area (Å²) in [4.78, 5) is 27.4. The molecule has 0 aromatic heterocycles. The minimum Gasteiger partial charge on any atom is -0.357 e. The molecule has 0 aliphatic rings. The van der Waals surface area contributed by atoms with E-state index < -0.39 is 28.5 Å². The molecule has 32 heavy (non-hydrogen) atoms. The maximum absolute atomic E-state index is 13.4. The molecule has 1 atom stereocenters. The molecule has 2 aromatic rings. The third kappa shape index (κ3) is 6.71. The van der Waals surface area contributed by atoms with Crippen molar-refractivity contribution >= 4 is 39.1 Å². The summed E-state index contributed by atoms with van der Waals surface area (Å²) < 4.78 is 26.2. The van der Waals surface area contributed by atoms with Crippen molar-refractivity contribution in [3.8, 4) is 0 Å². The van der Waals surface area contributed by atoms with Crippen molar-refractivity contribution in [1.82, 2.24) is 10.2 Å². The van der Waals surface area contributed by atoms with E-state index in [1.54, 1.807) is 19.1 Å². The van der Waals surface area contributed by atoms with E-state index in [4.69, 9.17) is 11.6 Å². The second kappa shape index (κ2) is 11.3. The van der Waals surface area contributed by atoms with Crippen LogP contribution in [0.25, 0.3) is 0 Å². The molecule has 0 bridgehead atoms. The molecule has 0 radical (unpaired) electrons. The molecule has 0 saturated carbocycles. The number of amides is 2. The van der Waals surface area contributed by atoms with Crippen LogP contribution in [-0.4, -0.2) is 57.6 Å². The van der Waals surface area contributed by atoms with E-state index in [1.165, 1.54) is 18.0 Å². The fraction of sp³-hybridized carbons (Fsp3) is 0.391. The third-order valence-corrected chi connectivity index (χ3v) is 6.60. The fourth-order valence-corrected chi connectivity index (χ4v) is 4.57. The molecule has 174 valence electrons. The zero-order valence-corrected chi connectivity index (χ0v) is 20.4. The van der Waals surface area contributed by atoms with E-state index >= 15 is 0 Å². The minimum atomic E-state index is -3.78. The van der Waals surface area contributed by atoms with Crippen LogP contribution in [0, 0.1) is 6.92 Å². The lowest BCUT2D eigenvalue weighted by Crippen LogP contribution is -2.52. The minimum absolute atomic E-state index is 0.279. The molecule has 0 aliphatic heterocycles. The van der Waals surface area contributed by atoms with E-state index in [-0.39, 0.29) is 12.5 Å². The van der Waals surface area contributed by atoms with Crippen LogP contribution in [0.1, 0.15) is 24.5 Å². The molecule has 0 spiro atoms. The lowest BCUT2D eigenvalue weighted by Gasteiger charge is -2.33. The SMILES string of the molecule is CC[C@@H](C(=O)NC)N(CCc1ccccc1)C(=O)CN(c1cc(Cl)ccc1C)S(C)(=O)=O. The van der Waals surface area contributed by atoms with Crippen molar-refractivity contribution in [2.75, 3.05) is 30.7 Å². The number of carbonyl (C=O) groups excluding carboxylic acids is 2. The number of likely N-dealkylation sites (N-methyl/N-ethyl adjacent to an activating group) is 1. The van der Waals surface area contributed by atoms with Crippen LogP contribution >= 0.6 is 11.6 Å². The summed E-state index contributed by atoms with van der Waals surface area (Å²) in [6, 6.07) is 13.8. The van der Waals surface area contributed by atoms with Crippen molar-refractivity contribution in [2.45, 2.75) is 32.7 Å². The Hall–Kier alpha value is -2.58. The molecule has 2 rings (SSSR count). The molecule has 2 amide bonds. The smallest absolute Gasteiger partial charge is 0.244 e. The van der Waals surface area contributed by atoms with E-state index in [2.05, 4.69) is 5.32 Å². The number of sulfonamides is 1. The van der Waals surface area contributed by atoms with Gasteiger partial charge < -0.3 is 10.2 Å². The summed E-state index contributed by atoms with van der Waals surface area (Å²) in [5.74, 6) is -0.750. The van der Waals surface area contributed by atoms with Crippen LogP contribution in [0.3, 0.4) is 0 Å². The Morgan fingerprint density at radius 1 is 1.12 bits per heavy atom. The number of benzene rings is 2. The topological polar surface area (TPSA) is 86.8 Å². The summed E-state index contributed by atoms with van der Waals surface area (Å²) in [7, 11) is -2.27. The van der Waals surface area contributed by atoms with Gasteiger partial charge in [-0.2, -0.15) is 0 Å². The number of hydrogen-bond donors (Lipinski definition) is 1. The van der Waals surface area contributed by atoms with Crippen LogP contribution in [0.2, 0.25) is 5.02 Å². The van der Waals surface area contributed by atoms with Crippen LogP contribution in [0.15, 0.2) is 48.5 Å². The maximum Gasteiger partial charge on any atom is 0.244 e. The summed E-state index contributed by atoms with van der Waals surface area (Å²) >= 11 is 6.09. The number of rotatable bonds is 10. The average Bonchev–Trinajstić information content (AvgIpc) is 2.76. The number of nitrogens with zero attached hydrogens (tertiary/aromatic N) is 2. The van der Waals surface area contributed by atoms with Gasteiger partial charge in [0.2, 0.25) is 21.8 Å². The molecule has 0 saturated heterocycles. The third-order valence-electron chi connectivity index (χ3n) is 5.24. The fourth-order valence-electron chi connectivity index (χ4n) is 3.51. The van der Waals surface area contributed by atoms with Gasteiger partial charge in [-0.25, -0.2) is 8.42 Å². The van der Waals surface area contributed by atoms with E-state index in [1.807, 2.05) is 37.3 Å². The lowest BCUT2D eigenvalue weighted by atomic mass is 10.1. The number of anilines is 1. The van der Waals surface area contributed by atoms with E-state index in [0.717, 1.165) is 16.1 Å². The highest BCUT2D eigenvalue weighted by Crippen LogP contribution is 2.26. The molecular weight excluding hydrogens is 450 g/mol. The van der Waals surface area contributed by atoms with Gasteiger partial charge in [-0.3, -0.25) is 13.9 Å². The number of hydrogen-bond acceptors (Lipinski definition) is 4. The van der Waals surface area contributed by atoms with Crippen molar-refractivity contribution in [1.29, 1.82) is 0 Å². The van der Waals surface area contributed by atoms with Crippen LogP contribution in [-0.2, 0) is 26.0 Å². The molecule has 0 heterocycles. The Labute approximate surface area is 195 Å². The predicted molar refractivity (Wildman–Crippen MR) is 128 cm³/mol. The highest BCUT2D eigenvalue weighted by Gasteiger charge is 2.31. The van der Waals surface area contributed by atoms with Crippen LogP contribution in [0.5, 0.6) is 0 Å². The summed E-state index contributed by atoms with van der Waals surface area (Å²) in [5, 5.41) is 2.96. The standard InChI is InChI=1S/C23H30ClN3O4S/c1-5-20(23(29)25-3)26(14-13-18-9-7-6-8-10-18)22(28)16-27(32(4,30)31)21-15-19(24)12-11-17(21)2/h6-12,15,20H,5,13-14,16H2,1-4H3,(H,25,29)/t20-/m0/s1. The predicted octanol–water partition coefficient (Wildman–Crippen LogP) is 3.01. The highest BCUT2D eigenvalue weighted by molar-refractivity contribution is 7.92. The van der Waals surface area contributed by atoms with E-state index in [9.17, 15) is 18.0 Å². The summed E-state index contributed by atoms with van der Waals surface area (Å²) in [5.41, 5.74) is 2.02. The summed E-state index contributed by atoms with van der Waals surface area (Å²) in [6.07, 6.45) is 1.98. The van der Waals surface area contributed by atoms with Crippen molar-refractivity contribution in [2.24, 2.45) is 0 Å². The second-order valence-corrected chi connectivity index (χ2v) is 9.90. The zero-order valence-electron chi connectivity index (χ0n) is 18.8. The van der Waals surface area contributed by atoms with Gasteiger partial charge in [0.25, 0.3) is 0 Å². The Bertz CT molecular complexity index is 1040. The summed E-state index contributed by atoms with van der Waals surface area (Å²) in [6.45, 7) is 3.42. The van der Waals surface area contributed by atoms with Gasteiger partial charge in [0.1, 0.15) is 12.6 Å². The highest BCUT2D eigenvalue weighted by atomic mass is 35.5. The second-order valence-electron chi connectivity index (χ2n) is 7.56. The normalized spacial score (nSPS) is 12.2. The largest absolute Gasteiger partial charge is 0.357 e. The number of halogens is 1. The first kappa shape index (κ1) is 25.7. The Morgan fingerprint density at radius 3 is 2.34 bits per heavy atom. The molecule has 0 aliphatic carbocycles.